The molecule has 1 heterocycles. The molecular weight excluding hydrogens is 406 g/mol. The Hall–Kier alpha value is -4.07. The van der Waals surface area contributed by atoms with Crippen LogP contribution < -0.4 is 16.4 Å². The summed E-state index contributed by atoms with van der Waals surface area (Å²) in [6.45, 7) is 4.80. The zero-order valence-electron chi connectivity index (χ0n) is 18.4. The first kappa shape index (κ1) is 22.6. The van der Waals surface area contributed by atoms with Gasteiger partial charge in [0.15, 0.2) is 6.61 Å². The predicted molar refractivity (Wildman–Crippen MR) is 126 cm³/mol. The van der Waals surface area contributed by atoms with Crippen LogP contribution in [0.15, 0.2) is 66.0 Å². The summed E-state index contributed by atoms with van der Waals surface area (Å²) in [5.41, 5.74) is 10.0. The minimum absolute atomic E-state index is 0.0106. The number of esters is 1. The van der Waals surface area contributed by atoms with E-state index < -0.39 is 18.5 Å². The van der Waals surface area contributed by atoms with Gasteiger partial charge in [-0.1, -0.05) is 18.2 Å². The molecule has 8 heteroatoms. The highest BCUT2D eigenvalue weighted by molar-refractivity contribution is 6.00. The van der Waals surface area contributed by atoms with Crippen molar-refractivity contribution in [2.45, 2.75) is 27.3 Å². The quantitative estimate of drug-likeness (QED) is 0.246. The Labute approximate surface area is 186 Å². The summed E-state index contributed by atoms with van der Waals surface area (Å²) in [6.07, 6.45) is 0. The molecular formula is C24H27N5O3. The number of ether oxygens (including phenoxy) is 1. The molecule has 1 amide bonds. The Kier molecular flexibility index (Phi) is 6.94. The van der Waals surface area contributed by atoms with Crippen LogP contribution in [0.4, 0.5) is 11.4 Å². The molecule has 3 rings (SSSR count). The minimum Gasteiger partial charge on any atom is -0.454 e. The van der Waals surface area contributed by atoms with E-state index in [-0.39, 0.29) is 12.3 Å². The summed E-state index contributed by atoms with van der Waals surface area (Å²) in [6, 6.07) is 16.9. The summed E-state index contributed by atoms with van der Waals surface area (Å²) in [5, 5.41) is 14.8. The van der Waals surface area contributed by atoms with E-state index in [4.69, 9.17) is 15.9 Å². The molecule has 8 nitrogen and oxygen atoms in total. The van der Waals surface area contributed by atoms with Crippen molar-refractivity contribution in [1.82, 2.24) is 9.88 Å². The lowest BCUT2D eigenvalue weighted by Gasteiger charge is -2.15. The van der Waals surface area contributed by atoms with Gasteiger partial charge in [0, 0.05) is 28.3 Å². The first-order valence-corrected chi connectivity index (χ1v) is 10.1. The monoisotopic (exact) mass is 433 g/mol. The van der Waals surface area contributed by atoms with Gasteiger partial charge >= 0.3 is 5.97 Å². The molecule has 0 saturated carbocycles. The Balaban J connectivity index is 1.60. The Morgan fingerprint density at radius 3 is 2.47 bits per heavy atom. The van der Waals surface area contributed by atoms with Crippen molar-refractivity contribution >= 4 is 39.9 Å². The third-order valence-electron chi connectivity index (χ3n) is 4.93. The number of amides is 1. The summed E-state index contributed by atoms with van der Waals surface area (Å²) < 4.78 is 7.02. The number of para-hydroxylation sites is 1. The Morgan fingerprint density at radius 2 is 1.78 bits per heavy atom. The first-order chi connectivity index (χ1) is 15.2. The third-order valence-corrected chi connectivity index (χ3v) is 4.93. The highest BCUT2D eigenvalue weighted by atomic mass is 16.5. The molecule has 0 aliphatic heterocycles. The second-order valence-corrected chi connectivity index (χ2v) is 7.51. The number of benzene rings is 2. The number of anilines is 2. The summed E-state index contributed by atoms with van der Waals surface area (Å²) in [4.78, 5) is 24.7. The van der Waals surface area contributed by atoms with E-state index in [0.717, 1.165) is 22.3 Å². The van der Waals surface area contributed by atoms with Crippen molar-refractivity contribution in [2.75, 3.05) is 17.7 Å². The fourth-order valence-corrected chi connectivity index (χ4v) is 3.37. The number of allylic oxidation sites excluding steroid dienone is 2. The fraction of sp³-hybridized carbons (Fsp3) is 0.208. The largest absolute Gasteiger partial charge is 0.454 e. The number of aryl methyl sites for hydroxylation is 1. The highest BCUT2D eigenvalue weighted by Gasteiger charge is 2.15. The normalized spacial score (nSPS) is 11.6. The van der Waals surface area contributed by atoms with Gasteiger partial charge in [0.05, 0.1) is 11.4 Å². The topological polar surface area (TPSA) is 122 Å². The molecule has 0 aliphatic rings. The highest BCUT2D eigenvalue weighted by Crippen LogP contribution is 2.19. The van der Waals surface area contributed by atoms with Crippen molar-refractivity contribution in [3.8, 4) is 0 Å². The van der Waals surface area contributed by atoms with Gasteiger partial charge in [0.1, 0.15) is 6.54 Å². The van der Waals surface area contributed by atoms with Crippen molar-refractivity contribution in [3.63, 3.8) is 0 Å². The summed E-state index contributed by atoms with van der Waals surface area (Å²) >= 11 is 0. The number of nitrogens with zero attached hydrogens (tertiary/aromatic N) is 1. The zero-order chi connectivity index (χ0) is 23.3. The van der Waals surface area contributed by atoms with E-state index in [9.17, 15) is 9.59 Å². The average molecular weight is 434 g/mol. The van der Waals surface area contributed by atoms with Gasteiger partial charge in [0.25, 0.3) is 5.91 Å². The molecule has 0 saturated heterocycles. The van der Waals surface area contributed by atoms with Crippen LogP contribution in [-0.4, -0.2) is 28.8 Å². The van der Waals surface area contributed by atoms with Crippen molar-refractivity contribution in [2.24, 2.45) is 0 Å². The van der Waals surface area contributed by atoms with Gasteiger partial charge in [-0.3, -0.25) is 9.59 Å². The molecule has 32 heavy (non-hydrogen) atoms. The molecule has 0 aliphatic carbocycles. The standard InChI is InChI=1S/C24H27N5O3/c1-15-12-18-6-4-5-7-21(18)29(15)13-23(31)32-14-22(30)28-24(16(2)25)17(3)27-20-10-8-19(26)9-11-20/h4-12,25,27H,13-14,26H2,1-3H3,(H,28,30)/b24-17+,25-16?. The van der Waals surface area contributed by atoms with E-state index in [1.807, 2.05) is 41.8 Å². The first-order valence-electron chi connectivity index (χ1n) is 10.1. The number of nitrogens with two attached hydrogens (primary N) is 1. The number of hydrogen-bond acceptors (Lipinski definition) is 6. The number of rotatable bonds is 8. The third kappa shape index (κ3) is 5.54. The maximum Gasteiger partial charge on any atom is 0.326 e. The van der Waals surface area contributed by atoms with Crippen LogP contribution in [0.1, 0.15) is 19.5 Å². The maximum atomic E-state index is 12.4. The van der Waals surface area contributed by atoms with Crippen molar-refractivity contribution in [3.05, 3.63) is 71.7 Å². The number of nitrogens with one attached hydrogen (secondary N) is 3. The van der Waals surface area contributed by atoms with Gasteiger partial charge in [0.2, 0.25) is 0 Å². The van der Waals surface area contributed by atoms with Crippen molar-refractivity contribution in [1.29, 1.82) is 5.41 Å². The molecule has 5 N–H and O–H groups in total. The second kappa shape index (κ2) is 9.82. The van der Waals surface area contributed by atoms with Crippen LogP contribution in [0.3, 0.4) is 0 Å². The van der Waals surface area contributed by atoms with Crippen LogP contribution >= 0.6 is 0 Å². The van der Waals surface area contributed by atoms with Gasteiger partial charge in [-0.15, -0.1) is 0 Å². The predicted octanol–water partition coefficient (Wildman–Crippen LogP) is 3.57. The molecule has 0 bridgehead atoms. The van der Waals surface area contributed by atoms with Crippen molar-refractivity contribution < 1.29 is 14.3 Å². The molecule has 2 aromatic carbocycles. The van der Waals surface area contributed by atoms with Crippen LogP contribution in [-0.2, 0) is 20.9 Å². The molecule has 0 unspecified atom stereocenters. The van der Waals surface area contributed by atoms with Gasteiger partial charge in [-0.05, 0) is 62.6 Å². The molecule has 166 valence electrons. The van der Waals surface area contributed by atoms with Gasteiger partial charge in [-0.25, -0.2) is 0 Å². The number of fused-ring (bicyclic) bond motifs is 1. The number of carbonyl (C=O) groups excluding carboxylic acids is 2. The number of nitrogen functional groups attached to an aromatic ring is 1. The van der Waals surface area contributed by atoms with Crippen LogP contribution in [0.5, 0.6) is 0 Å². The molecule has 1 aromatic heterocycles. The number of aromatic nitrogens is 1. The number of hydrogen-bond donors (Lipinski definition) is 4. The van der Waals surface area contributed by atoms with E-state index in [0.29, 0.717) is 17.1 Å². The smallest absolute Gasteiger partial charge is 0.326 e. The zero-order valence-corrected chi connectivity index (χ0v) is 18.4. The minimum atomic E-state index is -0.521. The average Bonchev–Trinajstić information content (AvgIpc) is 3.07. The van der Waals surface area contributed by atoms with Crippen LogP contribution in [0, 0.1) is 12.3 Å². The Bertz CT molecular complexity index is 1190. The van der Waals surface area contributed by atoms with Gasteiger partial charge in [-0.2, -0.15) is 0 Å². The second-order valence-electron chi connectivity index (χ2n) is 7.51. The fourth-order valence-electron chi connectivity index (χ4n) is 3.37. The van der Waals surface area contributed by atoms with E-state index >= 15 is 0 Å². The lowest BCUT2D eigenvalue weighted by atomic mass is 10.2. The SMILES string of the molecule is CC(=N)/C(NC(=O)COC(=O)Cn1c(C)cc2ccccc21)=C(/C)Nc1ccc(N)cc1. The van der Waals surface area contributed by atoms with E-state index in [2.05, 4.69) is 10.6 Å². The summed E-state index contributed by atoms with van der Waals surface area (Å²) in [5.74, 6) is -1.04. The Morgan fingerprint density at radius 1 is 1.09 bits per heavy atom. The molecule has 3 aromatic rings. The van der Waals surface area contributed by atoms with Gasteiger partial charge < -0.3 is 31.1 Å². The lowest BCUT2D eigenvalue weighted by Crippen LogP contribution is -2.32. The number of carbonyl (C=O) groups is 2. The lowest BCUT2D eigenvalue weighted by molar-refractivity contribution is -0.148. The van der Waals surface area contributed by atoms with E-state index in [1.54, 1.807) is 38.1 Å². The summed E-state index contributed by atoms with van der Waals surface area (Å²) in [7, 11) is 0. The molecule has 0 fully saturated rings. The maximum absolute atomic E-state index is 12.4. The molecule has 0 radical (unpaired) electrons. The van der Waals surface area contributed by atoms with E-state index in [1.165, 1.54) is 0 Å². The van der Waals surface area contributed by atoms with Crippen LogP contribution in [0.25, 0.3) is 10.9 Å². The molecule has 0 spiro atoms. The molecule has 0 atom stereocenters. The van der Waals surface area contributed by atoms with Crippen LogP contribution in [0.2, 0.25) is 0 Å².